The SMILES string of the molecule is Cc1cc(-c2ccccc2)cc2c1-c1ccccc1C2(C)C.Cc1ccc(-c2ccccc2)c2c1C(C)(C)c1ccccc1-2.Cc1ccc2c(c1)-c1ccc(-c3ccccc3)cc1C2(C)C.Cc1ccc2c(c1)C(C)(C)c1cc(-c3ccccc3)ccc1-2.Cc1cccc2c1-c1ccc(-c3ccccc3)cc1C2(C)C.Cc1cccc2c1C(C)(C)c1cc(-c3ccccc3)ccc1-2. The predicted octanol–water partition coefficient (Wildman–Crippen LogP) is 35.8. The molecule has 0 aliphatic heterocycles. The normalized spacial score (nSPS) is 14.5. The summed E-state index contributed by atoms with van der Waals surface area (Å²) in [7, 11) is 0. The van der Waals surface area contributed by atoms with Crippen LogP contribution in [0.15, 0.2) is 400 Å². The molecule has 0 unspecified atom stereocenters. The minimum atomic E-state index is 0.0702. The van der Waals surface area contributed by atoms with E-state index in [0.29, 0.717) is 0 Å². The number of hydrogen-bond acceptors (Lipinski definition) is 0. The molecule has 0 bridgehead atoms. The molecule has 0 nitrogen and oxygen atoms in total. The van der Waals surface area contributed by atoms with Crippen molar-refractivity contribution in [2.24, 2.45) is 0 Å². The van der Waals surface area contributed by atoms with Gasteiger partial charge in [-0.3, -0.25) is 0 Å². The fourth-order valence-corrected chi connectivity index (χ4v) is 22.9. The van der Waals surface area contributed by atoms with Gasteiger partial charge >= 0.3 is 0 Å². The molecule has 0 fully saturated rings. The monoisotopic (exact) mass is 1700 g/mol. The van der Waals surface area contributed by atoms with Crippen LogP contribution in [0.25, 0.3) is 134 Å². The molecule has 6 aliphatic carbocycles. The fraction of sp³-hybridized carbons (Fsp3) is 0.182. The summed E-state index contributed by atoms with van der Waals surface area (Å²) in [6.07, 6.45) is 0. The zero-order chi connectivity index (χ0) is 91.9. The van der Waals surface area contributed by atoms with Gasteiger partial charge in [0.2, 0.25) is 0 Å². The lowest BCUT2D eigenvalue weighted by Crippen LogP contribution is -2.16. The van der Waals surface area contributed by atoms with E-state index in [-0.39, 0.29) is 32.5 Å². The Labute approximate surface area is 785 Å². The largest absolute Gasteiger partial charge is 0.0622 e. The van der Waals surface area contributed by atoms with E-state index in [1.54, 1.807) is 0 Å². The molecule has 0 saturated carbocycles. The molecule has 0 heteroatoms. The van der Waals surface area contributed by atoms with Gasteiger partial charge in [0.15, 0.2) is 0 Å². The number of aryl methyl sites for hydroxylation is 6. The Kier molecular flexibility index (Phi) is 22.7. The van der Waals surface area contributed by atoms with Gasteiger partial charge in [-0.1, -0.05) is 464 Å². The standard InChI is InChI=1S/6C22H20/c1-15-8-7-11-19-21(15)18-13-12-17(14-20(18)22(19,2)3)16-9-5-4-6-10-16;1-15-8-7-11-19-18-13-12-17(16-9-5-4-6-10-16)14-20(18)22(2,3)21(15)19;1-15-13-17(16-9-5-4-6-10-16)14-20-21(15)18-11-7-8-12-19(18)22(20,2)3;1-15-13-14-17(16-9-5-4-6-10-16)20-18-11-7-8-12-19(18)22(2,3)21(15)20;1-15-9-12-20-19(13-15)18-11-10-17(14-21(18)22(20,2)3)16-7-5-4-6-8-16;1-15-9-11-18-19-12-10-17(16-7-5-4-6-8-16)14-21(19)22(2,3)20(18)13-15/h6*4-14H,1-3H3. The molecule has 0 atom stereocenters. The molecule has 132 heavy (non-hydrogen) atoms. The summed E-state index contributed by atoms with van der Waals surface area (Å²) < 4.78 is 0. The lowest BCUT2D eigenvalue weighted by Gasteiger charge is -2.24. The van der Waals surface area contributed by atoms with Gasteiger partial charge in [-0.15, -0.1) is 0 Å². The van der Waals surface area contributed by atoms with Crippen molar-refractivity contribution in [1.82, 2.24) is 0 Å². The van der Waals surface area contributed by atoms with Gasteiger partial charge in [-0.05, 0) is 294 Å². The second-order valence-electron chi connectivity index (χ2n) is 40.6. The minimum absolute atomic E-state index is 0.0702. The summed E-state index contributed by atoms with van der Waals surface area (Å²) in [5, 5.41) is 0. The van der Waals surface area contributed by atoms with Crippen LogP contribution in [-0.4, -0.2) is 0 Å². The van der Waals surface area contributed by atoms with E-state index < -0.39 is 0 Å². The quantitative estimate of drug-likeness (QED) is 0.156. The van der Waals surface area contributed by atoms with Gasteiger partial charge in [-0.25, -0.2) is 0 Å². The average Bonchev–Trinajstić information content (AvgIpc) is 1.60. The summed E-state index contributed by atoms with van der Waals surface area (Å²) in [5.74, 6) is 0. The first-order chi connectivity index (χ1) is 63.5. The summed E-state index contributed by atoms with van der Waals surface area (Å²) in [5.41, 5.74) is 58.5. The molecule has 18 aromatic carbocycles. The number of rotatable bonds is 6. The molecular formula is C132H120. The van der Waals surface area contributed by atoms with Crippen LogP contribution in [0.4, 0.5) is 0 Å². The van der Waals surface area contributed by atoms with E-state index in [4.69, 9.17) is 0 Å². The van der Waals surface area contributed by atoms with Crippen molar-refractivity contribution in [3.05, 3.63) is 501 Å². The smallest absolute Gasteiger partial charge is 0.0161 e. The Balaban J connectivity index is 0.000000102. The van der Waals surface area contributed by atoms with Crippen molar-refractivity contribution in [1.29, 1.82) is 0 Å². The Bertz CT molecular complexity index is 7410. The highest BCUT2D eigenvalue weighted by atomic mass is 14.5. The zero-order valence-electron chi connectivity index (χ0n) is 80.1. The molecule has 0 aromatic heterocycles. The first-order valence-corrected chi connectivity index (χ1v) is 47.4. The van der Waals surface area contributed by atoms with Crippen molar-refractivity contribution in [3.63, 3.8) is 0 Å². The molecule has 0 heterocycles. The Morgan fingerprint density at radius 1 is 0.129 bits per heavy atom. The van der Waals surface area contributed by atoms with Crippen LogP contribution in [0.5, 0.6) is 0 Å². The van der Waals surface area contributed by atoms with Crippen molar-refractivity contribution in [3.8, 4) is 134 Å². The van der Waals surface area contributed by atoms with Crippen molar-refractivity contribution < 1.29 is 0 Å². The molecule has 0 spiro atoms. The summed E-state index contributed by atoms with van der Waals surface area (Å²) in [6.45, 7) is 41.4. The van der Waals surface area contributed by atoms with Crippen LogP contribution in [0.3, 0.4) is 0 Å². The fourth-order valence-electron chi connectivity index (χ4n) is 22.9. The molecule has 648 valence electrons. The summed E-state index contributed by atoms with van der Waals surface area (Å²) in [4.78, 5) is 0. The second-order valence-corrected chi connectivity index (χ2v) is 40.6. The first-order valence-electron chi connectivity index (χ1n) is 47.4. The van der Waals surface area contributed by atoms with Crippen LogP contribution in [-0.2, 0) is 32.5 Å². The number of hydrogen-bond donors (Lipinski definition) is 0. The van der Waals surface area contributed by atoms with E-state index >= 15 is 0 Å². The van der Waals surface area contributed by atoms with Gasteiger partial charge in [0.25, 0.3) is 0 Å². The van der Waals surface area contributed by atoms with Gasteiger partial charge in [0.1, 0.15) is 0 Å². The second kappa shape index (κ2) is 34.4. The van der Waals surface area contributed by atoms with Crippen LogP contribution >= 0.6 is 0 Å². The lowest BCUT2D eigenvalue weighted by atomic mass is 9.79. The van der Waals surface area contributed by atoms with E-state index in [2.05, 4.69) is 525 Å². The number of fused-ring (bicyclic) bond motifs is 18. The summed E-state index contributed by atoms with van der Waals surface area (Å²) >= 11 is 0. The molecule has 0 N–H and O–H groups in total. The third-order valence-electron chi connectivity index (χ3n) is 29.9. The average molecular weight is 1710 g/mol. The van der Waals surface area contributed by atoms with E-state index in [0.717, 1.165) is 0 Å². The van der Waals surface area contributed by atoms with Gasteiger partial charge < -0.3 is 0 Å². The molecule has 24 rings (SSSR count). The first kappa shape index (κ1) is 87.3. The Morgan fingerprint density at radius 2 is 0.424 bits per heavy atom. The zero-order valence-corrected chi connectivity index (χ0v) is 80.1. The summed E-state index contributed by atoms with van der Waals surface area (Å²) in [6, 6.07) is 146. The third-order valence-corrected chi connectivity index (χ3v) is 29.9. The molecule has 0 saturated heterocycles. The Hall–Kier alpha value is -14.0. The van der Waals surface area contributed by atoms with Gasteiger partial charge in [0.05, 0.1) is 0 Å². The van der Waals surface area contributed by atoms with Crippen LogP contribution in [0.2, 0.25) is 0 Å². The van der Waals surface area contributed by atoms with Crippen LogP contribution < -0.4 is 0 Å². The number of benzene rings is 18. The highest BCUT2D eigenvalue weighted by Gasteiger charge is 2.43. The molecule has 6 aliphatic rings. The lowest BCUT2D eigenvalue weighted by molar-refractivity contribution is 0.655. The third kappa shape index (κ3) is 15.4. The van der Waals surface area contributed by atoms with Gasteiger partial charge in [0, 0.05) is 32.5 Å². The minimum Gasteiger partial charge on any atom is -0.0622 e. The van der Waals surface area contributed by atoms with Crippen molar-refractivity contribution in [2.75, 3.05) is 0 Å². The maximum atomic E-state index is 2.39. The van der Waals surface area contributed by atoms with E-state index in [1.165, 1.54) is 234 Å². The van der Waals surface area contributed by atoms with E-state index in [9.17, 15) is 0 Å². The van der Waals surface area contributed by atoms with Gasteiger partial charge in [-0.2, -0.15) is 0 Å². The molecule has 18 aromatic rings. The predicted molar refractivity (Wildman–Crippen MR) is 565 cm³/mol. The maximum Gasteiger partial charge on any atom is 0.0161 e. The maximum absolute atomic E-state index is 2.39. The topological polar surface area (TPSA) is 0 Å². The molecular weight excluding hydrogens is 1590 g/mol. The highest BCUT2D eigenvalue weighted by molar-refractivity contribution is 5.95. The van der Waals surface area contributed by atoms with Crippen LogP contribution in [0, 0.1) is 41.5 Å². The molecule has 0 amide bonds. The van der Waals surface area contributed by atoms with Crippen molar-refractivity contribution >= 4 is 0 Å². The highest BCUT2D eigenvalue weighted by Crippen LogP contribution is 2.58. The van der Waals surface area contributed by atoms with E-state index in [1.807, 2.05) is 0 Å². The van der Waals surface area contributed by atoms with Crippen LogP contribution in [0.1, 0.15) is 183 Å². The molecule has 0 radical (unpaired) electrons. The van der Waals surface area contributed by atoms with Crippen molar-refractivity contribution in [2.45, 2.75) is 157 Å². The Morgan fingerprint density at radius 3 is 0.939 bits per heavy atom.